The van der Waals surface area contributed by atoms with Gasteiger partial charge in [-0.3, -0.25) is 4.79 Å². The van der Waals surface area contributed by atoms with Crippen LogP contribution in [0.2, 0.25) is 0 Å². The van der Waals surface area contributed by atoms with Crippen molar-refractivity contribution in [3.63, 3.8) is 0 Å². The maximum atomic E-state index is 11.8. The van der Waals surface area contributed by atoms with Gasteiger partial charge in [0, 0.05) is 0 Å². The molecule has 0 saturated carbocycles. The molecule has 2 heterocycles. The van der Waals surface area contributed by atoms with Gasteiger partial charge in [-0.15, -0.1) is 0 Å². The number of hydrogen-bond donors (Lipinski definition) is 1. The maximum absolute atomic E-state index is 11.8. The molecule has 6 heteroatoms. The molecular weight excluding hydrogens is 296 g/mol. The van der Waals surface area contributed by atoms with E-state index in [0.29, 0.717) is 21.7 Å². The number of carbonyl (C=O) groups is 1. The fourth-order valence-corrected chi connectivity index (χ4v) is 1.61. The number of pyridine rings is 2. The predicted molar refractivity (Wildman–Crippen MR) is 68.8 cm³/mol. The van der Waals surface area contributed by atoms with Gasteiger partial charge in [0.1, 0.15) is 22.1 Å². The lowest BCUT2D eigenvalue weighted by atomic mass is 10.3. The number of nitriles is 1. The molecule has 0 unspecified atom stereocenters. The number of amides is 1. The lowest BCUT2D eigenvalue weighted by molar-refractivity contribution is 0.102. The third kappa shape index (κ3) is 2.90. The Kier molecular flexibility index (Phi) is 3.65. The summed E-state index contributed by atoms with van der Waals surface area (Å²) in [5, 5.41) is 11.2. The minimum atomic E-state index is -0.331. The van der Waals surface area contributed by atoms with Crippen LogP contribution in [0.4, 0.5) is 5.69 Å². The first-order valence-corrected chi connectivity index (χ1v) is 5.78. The van der Waals surface area contributed by atoms with Crippen molar-refractivity contribution in [2.24, 2.45) is 0 Å². The van der Waals surface area contributed by atoms with Crippen LogP contribution in [0.3, 0.4) is 0 Å². The quantitative estimate of drug-likeness (QED) is 0.864. The van der Waals surface area contributed by atoms with Gasteiger partial charge in [0.2, 0.25) is 0 Å². The molecule has 0 fully saturated rings. The molecule has 0 aliphatic carbocycles. The van der Waals surface area contributed by atoms with E-state index < -0.39 is 0 Å². The summed E-state index contributed by atoms with van der Waals surface area (Å²) in [6.07, 6.45) is 1.43. The minimum absolute atomic E-state index is 0.300. The molecule has 2 aromatic heterocycles. The zero-order valence-corrected chi connectivity index (χ0v) is 10.7. The minimum Gasteiger partial charge on any atom is -0.319 e. The fourth-order valence-electron chi connectivity index (χ4n) is 1.26. The van der Waals surface area contributed by atoms with Crippen molar-refractivity contribution in [1.29, 1.82) is 5.26 Å². The topological polar surface area (TPSA) is 78.7 Å². The van der Waals surface area contributed by atoms with Crippen LogP contribution in [-0.4, -0.2) is 15.9 Å². The highest BCUT2D eigenvalue weighted by Gasteiger charge is 2.08. The van der Waals surface area contributed by atoms with Gasteiger partial charge in [-0.25, -0.2) is 9.97 Å². The van der Waals surface area contributed by atoms with Gasteiger partial charge in [0.25, 0.3) is 5.91 Å². The SMILES string of the molecule is N#Cc1ccc(NC(=O)c2cccc(Br)n2)cn1. The van der Waals surface area contributed by atoms with E-state index in [4.69, 9.17) is 5.26 Å². The number of nitrogens with zero attached hydrogens (tertiary/aromatic N) is 3. The molecule has 18 heavy (non-hydrogen) atoms. The summed E-state index contributed by atoms with van der Waals surface area (Å²) in [5.74, 6) is -0.331. The summed E-state index contributed by atoms with van der Waals surface area (Å²) >= 11 is 3.20. The number of carbonyl (C=O) groups excluding carboxylic acids is 1. The molecule has 5 nitrogen and oxygen atoms in total. The van der Waals surface area contributed by atoms with Gasteiger partial charge in [0.05, 0.1) is 11.9 Å². The molecule has 0 saturated heterocycles. The highest BCUT2D eigenvalue weighted by Crippen LogP contribution is 2.10. The van der Waals surface area contributed by atoms with Gasteiger partial charge in [-0.05, 0) is 40.2 Å². The average Bonchev–Trinajstić information content (AvgIpc) is 2.39. The standard InChI is InChI=1S/C12H7BrN4O/c13-11-3-1-2-10(17-11)12(18)16-9-5-4-8(6-14)15-7-9/h1-5,7H,(H,16,18). The summed E-state index contributed by atoms with van der Waals surface area (Å²) in [7, 11) is 0. The molecule has 1 N–H and O–H groups in total. The Morgan fingerprint density at radius 3 is 2.78 bits per heavy atom. The van der Waals surface area contributed by atoms with E-state index in [1.807, 2.05) is 6.07 Å². The van der Waals surface area contributed by atoms with Crippen molar-refractivity contribution in [1.82, 2.24) is 9.97 Å². The van der Waals surface area contributed by atoms with Crippen LogP contribution in [-0.2, 0) is 0 Å². The smallest absolute Gasteiger partial charge is 0.274 e. The van der Waals surface area contributed by atoms with E-state index >= 15 is 0 Å². The van der Waals surface area contributed by atoms with Crippen molar-refractivity contribution < 1.29 is 4.79 Å². The van der Waals surface area contributed by atoms with E-state index in [-0.39, 0.29) is 5.91 Å². The molecule has 0 aliphatic rings. The second kappa shape index (κ2) is 5.38. The summed E-state index contributed by atoms with van der Waals surface area (Å²) in [5.41, 5.74) is 1.11. The number of nitrogens with one attached hydrogen (secondary N) is 1. The molecule has 2 rings (SSSR count). The Labute approximate surface area is 112 Å². The fraction of sp³-hybridized carbons (Fsp3) is 0. The second-order valence-electron chi connectivity index (χ2n) is 3.34. The summed E-state index contributed by atoms with van der Waals surface area (Å²) in [4.78, 5) is 19.7. The first-order chi connectivity index (χ1) is 8.69. The van der Waals surface area contributed by atoms with Gasteiger partial charge < -0.3 is 5.32 Å². The number of halogens is 1. The number of anilines is 1. The molecule has 0 radical (unpaired) electrons. The molecule has 0 atom stereocenters. The first-order valence-electron chi connectivity index (χ1n) is 4.99. The van der Waals surface area contributed by atoms with E-state index in [0.717, 1.165) is 0 Å². The number of hydrogen-bond acceptors (Lipinski definition) is 4. The van der Waals surface area contributed by atoms with Crippen LogP contribution in [0, 0.1) is 11.3 Å². The average molecular weight is 303 g/mol. The predicted octanol–water partition coefficient (Wildman–Crippen LogP) is 2.36. The largest absolute Gasteiger partial charge is 0.319 e. The number of rotatable bonds is 2. The van der Waals surface area contributed by atoms with Crippen molar-refractivity contribution in [2.75, 3.05) is 5.32 Å². The Bertz CT molecular complexity index is 619. The van der Waals surface area contributed by atoms with E-state index in [1.54, 1.807) is 24.3 Å². The summed E-state index contributed by atoms with van der Waals surface area (Å²) < 4.78 is 0.591. The second-order valence-corrected chi connectivity index (χ2v) is 4.16. The van der Waals surface area contributed by atoms with Gasteiger partial charge in [-0.1, -0.05) is 6.07 Å². The van der Waals surface area contributed by atoms with E-state index in [2.05, 4.69) is 31.2 Å². The van der Waals surface area contributed by atoms with Crippen molar-refractivity contribution in [2.45, 2.75) is 0 Å². The third-order valence-electron chi connectivity index (χ3n) is 2.08. The molecule has 88 valence electrons. The van der Waals surface area contributed by atoms with Gasteiger partial charge in [0.15, 0.2) is 0 Å². The van der Waals surface area contributed by atoms with Crippen LogP contribution in [0.1, 0.15) is 16.2 Å². The van der Waals surface area contributed by atoms with E-state index in [1.165, 1.54) is 12.3 Å². The molecule has 0 aromatic carbocycles. The van der Waals surface area contributed by atoms with Crippen LogP contribution in [0.15, 0.2) is 41.1 Å². The first kappa shape index (κ1) is 12.2. The number of aromatic nitrogens is 2. The van der Waals surface area contributed by atoms with Gasteiger partial charge >= 0.3 is 0 Å². The van der Waals surface area contributed by atoms with Crippen molar-refractivity contribution in [3.05, 3.63) is 52.5 Å². The zero-order valence-electron chi connectivity index (χ0n) is 9.09. The van der Waals surface area contributed by atoms with Crippen LogP contribution >= 0.6 is 15.9 Å². The van der Waals surface area contributed by atoms with Crippen molar-refractivity contribution in [3.8, 4) is 6.07 Å². The normalized spacial score (nSPS) is 9.56. The molecule has 2 aromatic rings. The highest BCUT2D eigenvalue weighted by atomic mass is 79.9. The Hall–Kier alpha value is -2.26. The molecule has 0 spiro atoms. The lowest BCUT2D eigenvalue weighted by Crippen LogP contribution is -2.13. The van der Waals surface area contributed by atoms with E-state index in [9.17, 15) is 4.79 Å². The van der Waals surface area contributed by atoms with Crippen LogP contribution < -0.4 is 5.32 Å². The molecule has 0 aliphatic heterocycles. The Morgan fingerprint density at radius 2 is 2.17 bits per heavy atom. The third-order valence-corrected chi connectivity index (χ3v) is 2.53. The highest BCUT2D eigenvalue weighted by molar-refractivity contribution is 9.10. The maximum Gasteiger partial charge on any atom is 0.274 e. The van der Waals surface area contributed by atoms with Crippen molar-refractivity contribution >= 4 is 27.5 Å². The van der Waals surface area contributed by atoms with Crippen LogP contribution in [0.5, 0.6) is 0 Å². The Balaban J connectivity index is 2.14. The Morgan fingerprint density at radius 1 is 1.33 bits per heavy atom. The summed E-state index contributed by atoms with van der Waals surface area (Å²) in [6.45, 7) is 0. The van der Waals surface area contributed by atoms with Crippen LogP contribution in [0.25, 0.3) is 0 Å². The lowest BCUT2D eigenvalue weighted by Gasteiger charge is -2.04. The summed E-state index contributed by atoms with van der Waals surface area (Å²) in [6, 6.07) is 10.1. The molecule has 0 bridgehead atoms. The molecule has 1 amide bonds. The van der Waals surface area contributed by atoms with Gasteiger partial charge in [-0.2, -0.15) is 5.26 Å². The monoisotopic (exact) mass is 302 g/mol. The molecular formula is C12H7BrN4O. The zero-order chi connectivity index (χ0) is 13.0.